The summed E-state index contributed by atoms with van der Waals surface area (Å²) in [7, 11) is 0. The van der Waals surface area contributed by atoms with Gasteiger partial charge in [-0.2, -0.15) is 0 Å². The minimum atomic E-state index is -0.0528. The number of rotatable bonds is 10. The number of hydrogen-bond acceptors (Lipinski definition) is 4. The standard InChI is InChI=1S/C16H28N2O2/c1-4-9-15(19-6-3)16(18-17)13-10-7-8-11-14(13)20-12-5-2/h7-8,10-11,15-16,18H,4-6,9,12,17H2,1-3H3. The molecular formula is C16H28N2O2. The molecule has 0 aliphatic rings. The molecule has 0 saturated heterocycles. The summed E-state index contributed by atoms with van der Waals surface area (Å²) in [6.07, 6.45) is 3.06. The first kappa shape index (κ1) is 17.0. The number of ether oxygens (including phenoxy) is 2. The molecule has 0 aromatic heterocycles. The lowest BCUT2D eigenvalue weighted by Gasteiger charge is -2.28. The summed E-state index contributed by atoms with van der Waals surface area (Å²) in [6, 6.07) is 7.98. The van der Waals surface area contributed by atoms with Gasteiger partial charge in [-0.15, -0.1) is 0 Å². The van der Waals surface area contributed by atoms with Crippen LogP contribution in [0.5, 0.6) is 5.75 Å². The van der Waals surface area contributed by atoms with Crippen LogP contribution >= 0.6 is 0 Å². The predicted octanol–water partition coefficient (Wildman–Crippen LogP) is 3.19. The molecule has 1 aromatic rings. The first-order valence-electron chi connectivity index (χ1n) is 7.57. The Morgan fingerprint density at radius 2 is 1.90 bits per heavy atom. The van der Waals surface area contributed by atoms with Crippen LogP contribution in [-0.4, -0.2) is 19.3 Å². The van der Waals surface area contributed by atoms with E-state index in [1.807, 2.05) is 25.1 Å². The van der Waals surface area contributed by atoms with Gasteiger partial charge >= 0.3 is 0 Å². The van der Waals surface area contributed by atoms with Crippen LogP contribution in [0, 0.1) is 0 Å². The highest BCUT2D eigenvalue weighted by molar-refractivity contribution is 5.36. The topological polar surface area (TPSA) is 56.5 Å². The normalized spacial score (nSPS) is 14.0. The highest BCUT2D eigenvalue weighted by Gasteiger charge is 2.24. The van der Waals surface area contributed by atoms with Gasteiger partial charge in [-0.3, -0.25) is 11.3 Å². The van der Waals surface area contributed by atoms with E-state index in [0.29, 0.717) is 13.2 Å². The molecule has 0 spiro atoms. The maximum atomic E-state index is 5.85. The van der Waals surface area contributed by atoms with Crippen LogP contribution in [0.4, 0.5) is 0 Å². The zero-order valence-electron chi connectivity index (χ0n) is 12.9. The highest BCUT2D eigenvalue weighted by atomic mass is 16.5. The van der Waals surface area contributed by atoms with Gasteiger partial charge in [0.25, 0.3) is 0 Å². The summed E-state index contributed by atoms with van der Waals surface area (Å²) >= 11 is 0. The largest absolute Gasteiger partial charge is 0.493 e. The fourth-order valence-corrected chi connectivity index (χ4v) is 2.32. The molecule has 1 rings (SSSR count). The Kier molecular flexibility index (Phi) is 8.26. The molecule has 1 aromatic carbocycles. The zero-order chi connectivity index (χ0) is 14.8. The third-order valence-corrected chi connectivity index (χ3v) is 3.22. The molecule has 0 aliphatic carbocycles. The minimum absolute atomic E-state index is 0.0528. The van der Waals surface area contributed by atoms with Crippen molar-refractivity contribution in [3.05, 3.63) is 29.8 Å². The number of benzene rings is 1. The van der Waals surface area contributed by atoms with Gasteiger partial charge in [0.15, 0.2) is 0 Å². The van der Waals surface area contributed by atoms with E-state index in [1.54, 1.807) is 0 Å². The summed E-state index contributed by atoms with van der Waals surface area (Å²) in [6.45, 7) is 7.65. The third kappa shape index (κ3) is 4.78. The maximum absolute atomic E-state index is 5.85. The lowest BCUT2D eigenvalue weighted by molar-refractivity contribution is 0.0268. The lowest BCUT2D eigenvalue weighted by Crippen LogP contribution is -2.38. The second-order valence-electron chi connectivity index (χ2n) is 4.81. The predicted molar refractivity (Wildman–Crippen MR) is 82.6 cm³/mol. The molecule has 0 aliphatic heterocycles. The van der Waals surface area contributed by atoms with Crippen LogP contribution in [0.1, 0.15) is 51.6 Å². The summed E-state index contributed by atoms with van der Waals surface area (Å²) in [4.78, 5) is 0. The van der Waals surface area contributed by atoms with E-state index in [-0.39, 0.29) is 12.1 Å². The van der Waals surface area contributed by atoms with E-state index in [9.17, 15) is 0 Å². The average molecular weight is 280 g/mol. The summed E-state index contributed by atoms with van der Waals surface area (Å²) in [5, 5.41) is 0. The summed E-state index contributed by atoms with van der Waals surface area (Å²) < 4.78 is 11.7. The van der Waals surface area contributed by atoms with Crippen LogP contribution in [0.15, 0.2) is 24.3 Å². The molecule has 2 unspecified atom stereocenters. The Morgan fingerprint density at radius 1 is 1.15 bits per heavy atom. The quantitative estimate of drug-likeness (QED) is 0.510. The molecule has 0 fully saturated rings. The van der Waals surface area contributed by atoms with Gasteiger partial charge in [-0.1, -0.05) is 38.5 Å². The molecule has 2 atom stereocenters. The van der Waals surface area contributed by atoms with Crippen molar-refractivity contribution in [1.29, 1.82) is 0 Å². The van der Waals surface area contributed by atoms with Gasteiger partial charge < -0.3 is 9.47 Å². The molecule has 4 nitrogen and oxygen atoms in total. The lowest BCUT2D eigenvalue weighted by atomic mass is 9.97. The van der Waals surface area contributed by atoms with E-state index in [1.165, 1.54) is 0 Å². The van der Waals surface area contributed by atoms with E-state index < -0.39 is 0 Å². The van der Waals surface area contributed by atoms with Crippen molar-refractivity contribution in [3.8, 4) is 5.75 Å². The van der Waals surface area contributed by atoms with Crippen LogP contribution in [0.3, 0.4) is 0 Å². The summed E-state index contributed by atoms with van der Waals surface area (Å²) in [5.41, 5.74) is 3.97. The molecule has 4 heteroatoms. The molecule has 20 heavy (non-hydrogen) atoms. The van der Waals surface area contributed by atoms with Crippen LogP contribution in [0.2, 0.25) is 0 Å². The first-order valence-corrected chi connectivity index (χ1v) is 7.57. The van der Waals surface area contributed by atoms with Crippen molar-refractivity contribution in [2.75, 3.05) is 13.2 Å². The van der Waals surface area contributed by atoms with Gasteiger partial charge in [0.1, 0.15) is 5.75 Å². The number of hydrazine groups is 1. The fraction of sp³-hybridized carbons (Fsp3) is 0.625. The van der Waals surface area contributed by atoms with Gasteiger partial charge in [0.2, 0.25) is 0 Å². The zero-order valence-corrected chi connectivity index (χ0v) is 12.9. The molecule has 114 valence electrons. The van der Waals surface area contributed by atoms with Crippen molar-refractivity contribution in [1.82, 2.24) is 5.43 Å². The molecule has 0 amide bonds. The van der Waals surface area contributed by atoms with Crippen molar-refractivity contribution in [2.24, 2.45) is 5.84 Å². The summed E-state index contributed by atoms with van der Waals surface area (Å²) in [5.74, 6) is 6.67. The fourth-order valence-electron chi connectivity index (χ4n) is 2.32. The molecule has 0 saturated carbocycles. The molecule has 3 N–H and O–H groups in total. The van der Waals surface area contributed by atoms with Gasteiger partial charge in [-0.25, -0.2) is 0 Å². The second kappa shape index (κ2) is 9.75. The Morgan fingerprint density at radius 3 is 2.50 bits per heavy atom. The van der Waals surface area contributed by atoms with Crippen LogP contribution in [-0.2, 0) is 4.74 Å². The van der Waals surface area contributed by atoms with Gasteiger partial charge in [0, 0.05) is 12.2 Å². The molecular weight excluding hydrogens is 252 g/mol. The number of nitrogens with one attached hydrogen (secondary N) is 1. The minimum Gasteiger partial charge on any atom is -0.493 e. The van der Waals surface area contributed by atoms with E-state index in [4.69, 9.17) is 15.3 Å². The Bertz CT molecular complexity index is 365. The van der Waals surface area contributed by atoms with Crippen LogP contribution < -0.4 is 16.0 Å². The number of hydrogen-bond donors (Lipinski definition) is 2. The third-order valence-electron chi connectivity index (χ3n) is 3.22. The van der Waals surface area contributed by atoms with Crippen molar-refractivity contribution in [2.45, 2.75) is 52.2 Å². The van der Waals surface area contributed by atoms with E-state index in [2.05, 4.69) is 25.3 Å². The highest BCUT2D eigenvalue weighted by Crippen LogP contribution is 2.30. The molecule has 0 radical (unpaired) electrons. The number of nitrogens with two attached hydrogens (primary N) is 1. The van der Waals surface area contributed by atoms with Crippen molar-refractivity contribution >= 4 is 0 Å². The van der Waals surface area contributed by atoms with Gasteiger partial charge in [0.05, 0.1) is 18.8 Å². The van der Waals surface area contributed by atoms with Crippen molar-refractivity contribution < 1.29 is 9.47 Å². The van der Waals surface area contributed by atoms with E-state index >= 15 is 0 Å². The molecule has 0 heterocycles. The Labute approximate surface area is 122 Å². The maximum Gasteiger partial charge on any atom is 0.124 e. The van der Waals surface area contributed by atoms with Crippen molar-refractivity contribution in [3.63, 3.8) is 0 Å². The average Bonchev–Trinajstić information content (AvgIpc) is 2.47. The first-order chi connectivity index (χ1) is 9.78. The Balaban J connectivity index is 2.96. The van der Waals surface area contributed by atoms with E-state index in [0.717, 1.165) is 30.6 Å². The van der Waals surface area contributed by atoms with Gasteiger partial charge in [-0.05, 0) is 25.8 Å². The monoisotopic (exact) mass is 280 g/mol. The van der Waals surface area contributed by atoms with Crippen LogP contribution in [0.25, 0.3) is 0 Å². The Hall–Kier alpha value is -1.10. The molecule has 0 bridgehead atoms. The number of para-hydroxylation sites is 1. The SMILES string of the molecule is CCCOc1ccccc1C(NN)C(CCC)OCC. The smallest absolute Gasteiger partial charge is 0.124 e. The second-order valence-corrected chi connectivity index (χ2v) is 4.81.